The molecule has 2 rings (SSSR count). The van der Waals surface area contributed by atoms with E-state index in [4.69, 9.17) is 0 Å². The molecule has 0 radical (unpaired) electrons. The molecule has 0 amide bonds. The van der Waals surface area contributed by atoms with E-state index in [9.17, 15) is 10.1 Å². The van der Waals surface area contributed by atoms with Crippen LogP contribution in [0.4, 0.5) is 17.2 Å². The smallest absolute Gasteiger partial charge is 0.311 e. The third-order valence-corrected chi connectivity index (χ3v) is 2.38. The van der Waals surface area contributed by atoms with Gasteiger partial charge in [0.05, 0.1) is 16.8 Å². The second kappa shape index (κ2) is 4.82. The van der Waals surface area contributed by atoms with E-state index >= 15 is 0 Å². The lowest BCUT2D eigenvalue weighted by Gasteiger charge is -2.04. The Balaban J connectivity index is 2.25. The molecule has 0 saturated heterocycles. The van der Waals surface area contributed by atoms with E-state index in [1.165, 1.54) is 18.3 Å². The van der Waals surface area contributed by atoms with Crippen LogP contribution < -0.4 is 5.32 Å². The summed E-state index contributed by atoms with van der Waals surface area (Å²) in [5.41, 5.74) is 0.611. The SMILES string of the molecule is CC(C)n1cc(Nc2ncccc2[N+](=O)[O-])cn1. The molecule has 7 heteroatoms. The minimum atomic E-state index is -0.470. The van der Waals surface area contributed by atoms with Crippen LogP contribution in [0.3, 0.4) is 0 Å². The van der Waals surface area contributed by atoms with Gasteiger partial charge in [-0.2, -0.15) is 5.10 Å². The fourth-order valence-electron chi connectivity index (χ4n) is 1.46. The highest BCUT2D eigenvalue weighted by Crippen LogP contribution is 2.24. The predicted molar refractivity (Wildman–Crippen MR) is 66.8 cm³/mol. The average Bonchev–Trinajstić information content (AvgIpc) is 2.78. The second-order valence-electron chi connectivity index (χ2n) is 4.06. The maximum absolute atomic E-state index is 10.8. The van der Waals surface area contributed by atoms with Gasteiger partial charge in [-0.15, -0.1) is 0 Å². The molecule has 0 spiro atoms. The molecule has 0 saturated carbocycles. The van der Waals surface area contributed by atoms with E-state index in [2.05, 4.69) is 15.4 Å². The number of hydrogen-bond donors (Lipinski definition) is 1. The minimum absolute atomic E-state index is 0.0604. The highest BCUT2D eigenvalue weighted by atomic mass is 16.6. The zero-order valence-electron chi connectivity index (χ0n) is 10.1. The summed E-state index contributed by atoms with van der Waals surface area (Å²) >= 11 is 0. The lowest BCUT2D eigenvalue weighted by Crippen LogP contribution is -2.00. The van der Waals surface area contributed by atoms with Gasteiger partial charge in [0.25, 0.3) is 0 Å². The number of nitrogens with one attached hydrogen (secondary N) is 1. The molecule has 0 aliphatic rings. The lowest BCUT2D eigenvalue weighted by atomic mass is 10.4. The number of nitro groups is 1. The molecule has 0 bridgehead atoms. The zero-order chi connectivity index (χ0) is 13.1. The standard InChI is InChI=1S/C11H13N5O2/c1-8(2)15-7-9(6-13-15)14-11-10(16(17)18)4-3-5-12-11/h3-8H,1-2H3,(H,12,14). The molecule has 7 nitrogen and oxygen atoms in total. The number of nitrogens with zero attached hydrogens (tertiary/aromatic N) is 4. The molecule has 0 fully saturated rings. The normalized spacial score (nSPS) is 10.6. The number of rotatable bonds is 4. The third-order valence-electron chi connectivity index (χ3n) is 2.38. The van der Waals surface area contributed by atoms with Gasteiger partial charge in [0.2, 0.25) is 5.82 Å². The van der Waals surface area contributed by atoms with Crippen molar-refractivity contribution < 1.29 is 4.92 Å². The summed E-state index contributed by atoms with van der Waals surface area (Å²) in [5.74, 6) is 0.214. The van der Waals surface area contributed by atoms with Crippen molar-refractivity contribution in [2.24, 2.45) is 0 Å². The van der Waals surface area contributed by atoms with Crippen LogP contribution in [0.2, 0.25) is 0 Å². The molecule has 18 heavy (non-hydrogen) atoms. The van der Waals surface area contributed by atoms with Gasteiger partial charge < -0.3 is 5.32 Å². The molecule has 0 aromatic carbocycles. The quantitative estimate of drug-likeness (QED) is 0.662. The fourth-order valence-corrected chi connectivity index (χ4v) is 1.46. The van der Waals surface area contributed by atoms with Gasteiger partial charge in [-0.25, -0.2) is 4.98 Å². The van der Waals surface area contributed by atoms with Gasteiger partial charge in [-0.3, -0.25) is 14.8 Å². The topological polar surface area (TPSA) is 85.9 Å². The molecule has 2 aromatic rings. The number of pyridine rings is 1. The van der Waals surface area contributed by atoms with Crippen LogP contribution in [0.15, 0.2) is 30.7 Å². The van der Waals surface area contributed by atoms with Crippen molar-refractivity contribution >= 4 is 17.2 Å². The predicted octanol–water partition coefficient (Wildman–Crippen LogP) is 2.51. The van der Waals surface area contributed by atoms with Crippen molar-refractivity contribution in [1.29, 1.82) is 0 Å². The lowest BCUT2D eigenvalue weighted by molar-refractivity contribution is -0.384. The number of hydrogen-bond acceptors (Lipinski definition) is 5. The second-order valence-corrected chi connectivity index (χ2v) is 4.06. The Kier molecular flexibility index (Phi) is 3.22. The zero-order valence-corrected chi connectivity index (χ0v) is 10.1. The van der Waals surface area contributed by atoms with Crippen molar-refractivity contribution in [3.05, 3.63) is 40.8 Å². The van der Waals surface area contributed by atoms with Gasteiger partial charge in [0.1, 0.15) is 0 Å². The van der Waals surface area contributed by atoms with Crippen molar-refractivity contribution in [3.8, 4) is 0 Å². The molecule has 0 aliphatic heterocycles. The molecule has 0 atom stereocenters. The van der Waals surface area contributed by atoms with Crippen LogP contribution in [0.25, 0.3) is 0 Å². The van der Waals surface area contributed by atoms with Crippen LogP contribution in [-0.4, -0.2) is 19.7 Å². The fraction of sp³-hybridized carbons (Fsp3) is 0.273. The number of anilines is 2. The first-order valence-electron chi connectivity index (χ1n) is 5.48. The highest BCUT2D eigenvalue weighted by Gasteiger charge is 2.14. The average molecular weight is 247 g/mol. The van der Waals surface area contributed by atoms with Gasteiger partial charge >= 0.3 is 5.69 Å². The van der Waals surface area contributed by atoms with Crippen LogP contribution in [-0.2, 0) is 0 Å². The Morgan fingerprint density at radius 2 is 2.28 bits per heavy atom. The number of aromatic nitrogens is 3. The molecule has 94 valence electrons. The Morgan fingerprint density at radius 1 is 1.50 bits per heavy atom. The summed E-state index contributed by atoms with van der Waals surface area (Å²) < 4.78 is 1.76. The maximum atomic E-state index is 10.8. The van der Waals surface area contributed by atoms with E-state index in [0.717, 1.165) is 0 Å². The summed E-state index contributed by atoms with van der Waals surface area (Å²) in [5, 5.41) is 17.9. The molecule has 1 N–H and O–H groups in total. The minimum Gasteiger partial charge on any atom is -0.332 e. The Bertz CT molecular complexity index is 564. The van der Waals surface area contributed by atoms with Crippen LogP contribution in [0.5, 0.6) is 0 Å². The van der Waals surface area contributed by atoms with E-state index in [-0.39, 0.29) is 17.5 Å². The first kappa shape index (κ1) is 12.0. The van der Waals surface area contributed by atoms with E-state index in [1.54, 1.807) is 17.1 Å². The van der Waals surface area contributed by atoms with Gasteiger partial charge in [0, 0.05) is 24.5 Å². The van der Waals surface area contributed by atoms with E-state index < -0.39 is 4.92 Å². The van der Waals surface area contributed by atoms with Crippen molar-refractivity contribution in [2.45, 2.75) is 19.9 Å². The summed E-state index contributed by atoms with van der Waals surface area (Å²) in [6.07, 6.45) is 4.89. The van der Waals surface area contributed by atoms with Crippen molar-refractivity contribution in [1.82, 2.24) is 14.8 Å². The monoisotopic (exact) mass is 247 g/mol. The Labute approximate surface area is 104 Å². The van der Waals surface area contributed by atoms with Crippen LogP contribution in [0, 0.1) is 10.1 Å². The Hall–Kier alpha value is -2.44. The summed E-state index contributed by atoms with van der Waals surface area (Å²) in [6.45, 7) is 4.00. The molecule has 0 aliphatic carbocycles. The first-order valence-corrected chi connectivity index (χ1v) is 5.48. The molecule has 2 heterocycles. The van der Waals surface area contributed by atoms with E-state index in [0.29, 0.717) is 5.69 Å². The molecular weight excluding hydrogens is 234 g/mol. The largest absolute Gasteiger partial charge is 0.332 e. The summed E-state index contributed by atoms with van der Waals surface area (Å²) in [4.78, 5) is 14.3. The van der Waals surface area contributed by atoms with Gasteiger partial charge in [0.15, 0.2) is 0 Å². The Morgan fingerprint density at radius 3 is 2.89 bits per heavy atom. The first-order chi connectivity index (χ1) is 8.58. The molecular formula is C11H13N5O2. The van der Waals surface area contributed by atoms with Gasteiger partial charge in [-0.05, 0) is 19.9 Å². The van der Waals surface area contributed by atoms with Crippen LogP contribution in [0.1, 0.15) is 19.9 Å². The van der Waals surface area contributed by atoms with Crippen LogP contribution >= 0.6 is 0 Å². The summed E-state index contributed by atoms with van der Waals surface area (Å²) in [6, 6.07) is 3.17. The highest BCUT2D eigenvalue weighted by molar-refractivity contribution is 5.64. The van der Waals surface area contributed by atoms with Crippen molar-refractivity contribution in [2.75, 3.05) is 5.32 Å². The summed E-state index contributed by atoms with van der Waals surface area (Å²) in [7, 11) is 0. The van der Waals surface area contributed by atoms with E-state index in [1.807, 2.05) is 13.8 Å². The third kappa shape index (κ3) is 2.45. The molecule has 0 unspecified atom stereocenters. The maximum Gasteiger partial charge on any atom is 0.311 e. The van der Waals surface area contributed by atoms with Crippen molar-refractivity contribution in [3.63, 3.8) is 0 Å². The molecule has 2 aromatic heterocycles. The van der Waals surface area contributed by atoms with Gasteiger partial charge in [-0.1, -0.05) is 0 Å².